The van der Waals surface area contributed by atoms with Crippen LogP contribution in [0.5, 0.6) is 0 Å². The number of hydrogen-bond acceptors (Lipinski definition) is 2. The van der Waals surface area contributed by atoms with Crippen molar-refractivity contribution in [3.8, 4) is 0 Å². The fourth-order valence-corrected chi connectivity index (χ4v) is 1.85. The van der Waals surface area contributed by atoms with Crippen LogP contribution in [-0.4, -0.2) is 23.2 Å². The number of alkyl halides is 1. The summed E-state index contributed by atoms with van der Waals surface area (Å²) in [4.78, 5) is 21.0. The molecule has 1 aliphatic carbocycles. The Hall–Kier alpha value is -2.45. The molecule has 1 aliphatic rings. The van der Waals surface area contributed by atoms with Crippen LogP contribution in [-0.2, 0) is 16.0 Å². The lowest BCUT2D eigenvalue weighted by Crippen LogP contribution is -2.04. The van der Waals surface area contributed by atoms with Gasteiger partial charge in [-0.25, -0.2) is 9.18 Å². The molecule has 0 saturated heterocycles. The number of aliphatic carboxylic acids is 1. The molecule has 0 aliphatic heterocycles. The van der Waals surface area contributed by atoms with Gasteiger partial charge in [-0.1, -0.05) is 30.3 Å². The Labute approximate surface area is 109 Å². The highest BCUT2D eigenvalue weighted by molar-refractivity contribution is 5.80. The van der Waals surface area contributed by atoms with Crippen molar-refractivity contribution in [3.63, 3.8) is 0 Å². The lowest BCUT2D eigenvalue weighted by molar-refractivity contribution is -0.136. The number of carboxylic acids is 1. The first-order chi connectivity index (χ1) is 9.10. The highest BCUT2D eigenvalue weighted by Crippen LogP contribution is 2.25. The van der Waals surface area contributed by atoms with Crippen LogP contribution in [0.25, 0.3) is 5.57 Å². The Morgan fingerprint density at radius 2 is 1.95 bits per heavy atom. The number of halogens is 1. The van der Waals surface area contributed by atoms with E-state index in [-0.39, 0.29) is 12.0 Å². The summed E-state index contributed by atoms with van der Waals surface area (Å²) in [7, 11) is 0. The normalized spacial score (nSPS) is 17.8. The molecule has 0 heterocycles. The maximum absolute atomic E-state index is 13.5. The third-order valence-electron chi connectivity index (χ3n) is 2.83. The molecule has 1 aromatic carbocycles. The van der Waals surface area contributed by atoms with Gasteiger partial charge in [0.1, 0.15) is 5.94 Å². The van der Waals surface area contributed by atoms with Crippen molar-refractivity contribution in [2.24, 2.45) is 0 Å². The van der Waals surface area contributed by atoms with Crippen LogP contribution in [0.2, 0.25) is 0 Å². The number of carbonyl (C=O) groups is 1. The van der Waals surface area contributed by atoms with Gasteiger partial charge in [0.05, 0.1) is 12.0 Å². The topological polar surface area (TPSA) is 54.4 Å². The predicted octanol–water partition coefficient (Wildman–Crippen LogP) is 2.36. The predicted molar refractivity (Wildman–Crippen MR) is 69.0 cm³/mol. The van der Waals surface area contributed by atoms with E-state index < -0.39 is 12.1 Å². The smallest absolute Gasteiger partial charge is 0.307 e. The first kappa shape index (κ1) is 13.0. The van der Waals surface area contributed by atoms with Gasteiger partial charge in [-0.15, -0.1) is 0 Å². The van der Waals surface area contributed by atoms with Crippen molar-refractivity contribution in [2.45, 2.75) is 12.6 Å². The molecule has 1 aromatic rings. The molecular formula is C15H11FO3. The molecule has 0 aromatic heterocycles. The van der Waals surface area contributed by atoms with Crippen LogP contribution in [0.1, 0.15) is 11.1 Å². The number of rotatable bonds is 3. The van der Waals surface area contributed by atoms with E-state index in [1.807, 2.05) is 0 Å². The molecule has 0 saturated carbocycles. The first-order valence-corrected chi connectivity index (χ1v) is 5.70. The van der Waals surface area contributed by atoms with E-state index in [2.05, 4.69) is 0 Å². The van der Waals surface area contributed by atoms with E-state index in [0.29, 0.717) is 11.1 Å². The van der Waals surface area contributed by atoms with Crippen LogP contribution < -0.4 is 0 Å². The van der Waals surface area contributed by atoms with Gasteiger partial charge in [0.15, 0.2) is 6.17 Å². The molecule has 96 valence electrons. The average molecular weight is 258 g/mol. The molecule has 1 atom stereocenters. The van der Waals surface area contributed by atoms with Crippen molar-refractivity contribution in [2.75, 3.05) is 0 Å². The average Bonchev–Trinajstić information content (AvgIpc) is 2.39. The Bertz CT molecular complexity index is 605. The molecule has 2 rings (SSSR count). The molecule has 1 N–H and O–H groups in total. The van der Waals surface area contributed by atoms with E-state index in [4.69, 9.17) is 5.11 Å². The minimum atomic E-state index is -1.45. The monoisotopic (exact) mass is 258 g/mol. The molecular weight excluding hydrogens is 247 g/mol. The maximum atomic E-state index is 13.5. The Balaban J connectivity index is 2.22. The van der Waals surface area contributed by atoms with E-state index in [1.54, 1.807) is 36.3 Å². The highest BCUT2D eigenvalue weighted by Gasteiger charge is 2.15. The van der Waals surface area contributed by atoms with Gasteiger partial charge in [-0.2, -0.15) is 0 Å². The van der Waals surface area contributed by atoms with Crippen LogP contribution in [0, 0.1) is 0 Å². The SMILES string of the molecule is O=C=C1C=CC(c2ccc(CC(=O)O)cc2)=CC1F. The lowest BCUT2D eigenvalue weighted by atomic mass is 9.95. The Morgan fingerprint density at radius 1 is 1.26 bits per heavy atom. The summed E-state index contributed by atoms with van der Waals surface area (Å²) >= 11 is 0. The highest BCUT2D eigenvalue weighted by atomic mass is 19.1. The van der Waals surface area contributed by atoms with Gasteiger partial charge >= 0.3 is 5.97 Å². The Kier molecular flexibility index (Phi) is 3.74. The zero-order chi connectivity index (χ0) is 13.8. The van der Waals surface area contributed by atoms with Gasteiger partial charge in [-0.3, -0.25) is 4.79 Å². The molecule has 0 amide bonds. The number of allylic oxidation sites excluding steroid dienone is 5. The summed E-state index contributed by atoms with van der Waals surface area (Å²) in [5.74, 6) is 0.657. The summed E-state index contributed by atoms with van der Waals surface area (Å²) in [6.45, 7) is 0. The summed E-state index contributed by atoms with van der Waals surface area (Å²) in [6.07, 6.45) is 2.89. The van der Waals surface area contributed by atoms with E-state index in [9.17, 15) is 14.0 Å². The second-order valence-corrected chi connectivity index (χ2v) is 4.18. The van der Waals surface area contributed by atoms with Crippen molar-refractivity contribution >= 4 is 17.5 Å². The number of benzene rings is 1. The Morgan fingerprint density at radius 3 is 2.47 bits per heavy atom. The van der Waals surface area contributed by atoms with Crippen molar-refractivity contribution in [3.05, 3.63) is 59.2 Å². The van der Waals surface area contributed by atoms with Crippen LogP contribution in [0.4, 0.5) is 4.39 Å². The second-order valence-electron chi connectivity index (χ2n) is 4.18. The van der Waals surface area contributed by atoms with Gasteiger partial charge in [-0.05, 0) is 28.9 Å². The number of carbonyl (C=O) groups excluding carboxylic acids is 1. The van der Waals surface area contributed by atoms with Gasteiger partial charge in [0, 0.05) is 0 Å². The molecule has 0 fully saturated rings. The van der Waals surface area contributed by atoms with Crippen molar-refractivity contribution in [1.29, 1.82) is 0 Å². The second kappa shape index (κ2) is 5.46. The fourth-order valence-electron chi connectivity index (χ4n) is 1.85. The molecule has 0 radical (unpaired) electrons. The summed E-state index contributed by atoms with van der Waals surface area (Å²) in [6, 6.07) is 6.85. The fraction of sp³-hybridized carbons (Fsp3) is 0.133. The third-order valence-corrected chi connectivity index (χ3v) is 2.83. The summed E-state index contributed by atoms with van der Waals surface area (Å²) < 4.78 is 13.5. The molecule has 1 unspecified atom stereocenters. The van der Waals surface area contributed by atoms with Crippen molar-refractivity contribution < 1.29 is 19.1 Å². The maximum Gasteiger partial charge on any atom is 0.307 e. The summed E-state index contributed by atoms with van der Waals surface area (Å²) in [5.41, 5.74) is 2.10. The van der Waals surface area contributed by atoms with Gasteiger partial charge < -0.3 is 5.11 Å². The standard InChI is InChI=1S/C15H11FO3/c16-14-8-12(5-6-13(14)9-17)11-3-1-10(2-4-11)7-15(18)19/h1-6,8,14H,7H2,(H,18,19). The molecule has 3 nitrogen and oxygen atoms in total. The summed E-state index contributed by atoms with van der Waals surface area (Å²) in [5, 5.41) is 8.66. The van der Waals surface area contributed by atoms with Crippen LogP contribution in [0.3, 0.4) is 0 Å². The van der Waals surface area contributed by atoms with Gasteiger partial charge in [0.2, 0.25) is 0 Å². The van der Waals surface area contributed by atoms with E-state index >= 15 is 0 Å². The van der Waals surface area contributed by atoms with E-state index in [0.717, 1.165) is 5.56 Å². The minimum Gasteiger partial charge on any atom is -0.481 e. The quantitative estimate of drug-likeness (QED) is 0.847. The number of hydrogen-bond donors (Lipinski definition) is 1. The van der Waals surface area contributed by atoms with E-state index in [1.165, 1.54) is 12.2 Å². The minimum absolute atomic E-state index is 0.0220. The molecule has 0 spiro atoms. The first-order valence-electron chi connectivity index (χ1n) is 5.70. The van der Waals surface area contributed by atoms with Crippen molar-refractivity contribution in [1.82, 2.24) is 0 Å². The van der Waals surface area contributed by atoms with Crippen LogP contribution in [0.15, 0.2) is 48.1 Å². The molecule has 4 heteroatoms. The molecule has 19 heavy (non-hydrogen) atoms. The third kappa shape index (κ3) is 3.06. The lowest BCUT2D eigenvalue weighted by Gasteiger charge is -2.11. The van der Waals surface area contributed by atoms with Crippen LogP contribution >= 0.6 is 0 Å². The molecule has 0 bridgehead atoms. The van der Waals surface area contributed by atoms with Gasteiger partial charge in [0.25, 0.3) is 0 Å². The largest absolute Gasteiger partial charge is 0.481 e. The zero-order valence-electron chi connectivity index (χ0n) is 9.97. The zero-order valence-corrected chi connectivity index (χ0v) is 9.97. The number of carboxylic acid groups (broad SMARTS) is 1.